The van der Waals surface area contributed by atoms with Gasteiger partial charge in [0.15, 0.2) is 6.10 Å². The molecule has 0 radical (unpaired) electrons. The Morgan fingerprint density at radius 2 is 1.46 bits per heavy atom. The second-order valence-corrected chi connectivity index (χ2v) is 7.70. The van der Waals surface area contributed by atoms with E-state index in [4.69, 9.17) is 16.3 Å². The monoisotopic (exact) mass is 407 g/mol. The van der Waals surface area contributed by atoms with Crippen molar-refractivity contribution in [2.24, 2.45) is 0 Å². The number of amides is 3. The number of aryl methyl sites for hydroxylation is 1. The number of piperazine rings is 1. The van der Waals surface area contributed by atoms with Gasteiger partial charge in [0, 0.05) is 44.3 Å². The van der Waals surface area contributed by atoms with Crippen LogP contribution in [-0.2, 0) is 14.4 Å². The molecule has 8 heteroatoms. The zero-order valence-electron chi connectivity index (χ0n) is 16.3. The molecule has 0 N–H and O–H groups in total. The smallest absolute Gasteiger partial charge is 0.312 e. The van der Waals surface area contributed by atoms with Crippen LogP contribution in [0.1, 0.15) is 25.3 Å². The second kappa shape index (κ2) is 8.82. The summed E-state index contributed by atoms with van der Waals surface area (Å²) in [5, 5.41) is 0.649. The maximum Gasteiger partial charge on any atom is 0.312 e. The zero-order valence-corrected chi connectivity index (χ0v) is 17.1. The lowest BCUT2D eigenvalue weighted by molar-refractivity contribution is -0.153. The minimum Gasteiger partial charge on any atom is -0.481 e. The van der Waals surface area contributed by atoms with E-state index >= 15 is 0 Å². The average Bonchev–Trinajstić information content (AvgIpc) is 3.24. The summed E-state index contributed by atoms with van der Waals surface area (Å²) < 4.78 is 5.75. The standard InChI is InChI=1S/C20H26ClN3O4/c1-14-13-16(5-6-17(14)21)28-15(2)18(25)23-9-11-24(12-10-23)20(27)19(26)22-7-3-4-8-22/h5-6,13,15H,3-4,7-12H2,1-2H3. The molecule has 2 heterocycles. The largest absolute Gasteiger partial charge is 0.481 e. The van der Waals surface area contributed by atoms with E-state index in [0.29, 0.717) is 50.0 Å². The molecule has 0 aliphatic carbocycles. The molecule has 0 saturated carbocycles. The van der Waals surface area contributed by atoms with Crippen molar-refractivity contribution in [1.29, 1.82) is 0 Å². The first kappa shape index (κ1) is 20.5. The molecular weight excluding hydrogens is 382 g/mol. The zero-order chi connectivity index (χ0) is 20.3. The molecular formula is C20H26ClN3O4. The Kier molecular flexibility index (Phi) is 6.44. The summed E-state index contributed by atoms with van der Waals surface area (Å²) in [7, 11) is 0. The molecule has 7 nitrogen and oxygen atoms in total. The lowest BCUT2D eigenvalue weighted by atomic mass is 10.2. The van der Waals surface area contributed by atoms with Crippen LogP contribution in [0.4, 0.5) is 0 Å². The van der Waals surface area contributed by atoms with Crippen molar-refractivity contribution in [1.82, 2.24) is 14.7 Å². The van der Waals surface area contributed by atoms with Crippen LogP contribution in [0, 0.1) is 6.92 Å². The van der Waals surface area contributed by atoms with E-state index < -0.39 is 17.9 Å². The van der Waals surface area contributed by atoms with Gasteiger partial charge < -0.3 is 19.4 Å². The number of hydrogen-bond acceptors (Lipinski definition) is 4. The molecule has 152 valence electrons. The second-order valence-electron chi connectivity index (χ2n) is 7.29. The molecule has 28 heavy (non-hydrogen) atoms. The first-order valence-electron chi connectivity index (χ1n) is 9.66. The Balaban J connectivity index is 1.50. The molecule has 1 aromatic rings. The highest BCUT2D eigenvalue weighted by Crippen LogP contribution is 2.22. The fourth-order valence-corrected chi connectivity index (χ4v) is 3.64. The lowest BCUT2D eigenvalue weighted by Gasteiger charge is -2.36. The van der Waals surface area contributed by atoms with Gasteiger partial charge in [0.1, 0.15) is 5.75 Å². The van der Waals surface area contributed by atoms with Crippen molar-refractivity contribution in [2.75, 3.05) is 39.3 Å². The summed E-state index contributed by atoms with van der Waals surface area (Å²) in [4.78, 5) is 42.1. The molecule has 2 fully saturated rings. The van der Waals surface area contributed by atoms with E-state index in [1.807, 2.05) is 6.92 Å². The minimum atomic E-state index is -0.644. The summed E-state index contributed by atoms with van der Waals surface area (Å²) >= 11 is 6.01. The number of likely N-dealkylation sites (tertiary alicyclic amines) is 1. The third-order valence-corrected chi connectivity index (χ3v) is 5.67. The number of ether oxygens (including phenoxy) is 1. The topological polar surface area (TPSA) is 70.2 Å². The van der Waals surface area contributed by atoms with Crippen LogP contribution in [0.3, 0.4) is 0 Å². The maximum atomic E-state index is 12.7. The molecule has 3 rings (SSSR count). The van der Waals surface area contributed by atoms with Crippen LogP contribution in [0.15, 0.2) is 18.2 Å². The minimum absolute atomic E-state index is 0.134. The van der Waals surface area contributed by atoms with Crippen molar-refractivity contribution in [3.63, 3.8) is 0 Å². The van der Waals surface area contributed by atoms with E-state index in [-0.39, 0.29) is 5.91 Å². The van der Waals surface area contributed by atoms with Gasteiger partial charge in [0.25, 0.3) is 5.91 Å². The van der Waals surface area contributed by atoms with Gasteiger partial charge in [-0.15, -0.1) is 0 Å². The molecule has 1 unspecified atom stereocenters. The van der Waals surface area contributed by atoms with Gasteiger partial charge in [-0.05, 0) is 50.5 Å². The lowest BCUT2D eigenvalue weighted by Crippen LogP contribution is -2.55. The molecule has 0 bridgehead atoms. The Hall–Kier alpha value is -2.28. The summed E-state index contributed by atoms with van der Waals surface area (Å²) in [6, 6.07) is 5.28. The Labute approximate surface area is 170 Å². The van der Waals surface area contributed by atoms with Crippen LogP contribution in [0.25, 0.3) is 0 Å². The molecule has 2 saturated heterocycles. The van der Waals surface area contributed by atoms with Gasteiger partial charge in [-0.3, -0.25) is 14.4 Å². The van der Waals surface area contributed by atoms with Gasteiger partial charge in [-0.25, -0.2) is 0 Å². The third kappa shape index (κ3) is 4.58. The van der Waals surface area contributed by atoms with Crippen molar-refractivity contribution < 1.29 is 19.1 Å². The first-order valence-corrected chi connectivity index (χ1v) is 10.0. The Morgan fingerprint density at radius 1 is 0.929 bits per heavy atom. The number of carbonyl (C=O) groups excluding carboxylic acids is 3. The summed E-state index contributed by atoms with van der Waals surface area (Å²) in [6.07, 6.45) is 1.26. The summed E-state index contributed by atoms with van der Waals surface area (Å²) in [5.41, 5.74) is 0.883. The van der Waals surface area contributed by atoms with Crippen molar-refractivity contribution in [2.45, 2.75) is 32.8 Å². The van der Waals surface area contributed by atoms with Gasteiger partial charge >= 0.3 is 11.8 Å². The van der Waals surface area contributed by atoms with Crippen LogP contribution in [0.5, 0.6) is 5.75 Å². The Bertz CT molecular complexity index is 756. The third-order valence-electron chi connectivity index (χ3n) is 5.24. The number of benzene rings is 1. The highest BCUT2D eigenvalue weighted by atomic mass is 35.5. The molecule has 1 aromatic carbocycles. The van der Waals surface area contributed by atoms with Crippen LogP contribution in [-0.4, -0.2) is 77.8 Å². The fraction of sp³-hybridized carbons (Fsp3) is 0.550. The Morgan fingerprint density at radius 3 is 2.04 bits per heavy atom. The molecule has 2 aliphatic heterocycles. The molecule has 1 atom stereocenters. The van der Waals surface area contributed by atoms with Gasteiger partial charge in [-0.2, -0.15) is 0 Å². The van der Waals surface area contributed by atoms with Crippen LogP contribution < -0.4 is 4.74 Å². The average molecular weight is 408 g/mol. The van der Waals surface area contributed by atoms with Gasteiger partial charge in [0.2, 0.25) is 0 Å². The van der Waals surface area contributed by atoms with Crippen LogP contribution >= 0.6 is 11.6 Å². The van der Waals surface area contributed by atoms with Crippen LogP contribution in [0.2, 0.25) is 5.02 Å². The van der Waals surface area contributed by atoms with Crippen molar-refractivity contribution in [3.05, 3.63) is 28.8 Å². The highest BCUT2D eigenvalue weighted by Gasteiger charge is 2.33. The normalized spacial score (nSPS) is 18.2. The number of carbonyl (C=O) groups is 3. The number of rotatable bonds is 3. The van der Waals surface area contributed by atoms with Gasteiger partial charge in [0.05, 0.1) is 0 Å². The number of hydrogen-bond donors (Lipinski definition) is 0. The van der Waals surface area contributed by atoms with Crippen molar-refractivity contribution >= 4 is 29.3 Å². The maximum absolute atomic E-state index is 12.7. The summed E-state index contributed by atoms with van der Waals surface area (Å²) in [5.74, 6) is -0.430. The molecule has 0 aromatic heterocycles. The predicted molar refractivity (Wildman–Crippen MR) is 105 cm³/mol. The van der Waals surface area contributed by atoms with E-state index in [2.05, 4.69) is 0 Å². The van der Waals surface area contributed by atoms with Crippen molar-refractivity contribution in [3.8, 4) is 5.75 Å². The predicted octanol–water partition coefficient (Wildman–Crippen LogP) is 1.71. The van der Waals surface area contributed by atoms with Gasteiger partial charge in [-0.1, -0.05) is 11.6 Å². The summed E-state index contributed by atoms with van der Waals surface area (Å²) in [6.45, 7) is 6.40. The van der Waals surface area contributed by atoms with E-state index in [1.165, 1.54) is 0 Å². The SMILES string of the molecule is Cc1cc(OC(C)C(=O)N2CCN(C(=O)C(=O)N3CCCC3)CC2)ccc1Cl. The quantitative estimate of drug-likeness (QED) is 0.715. The first-order chi connectivity index (χ1) is 13.4. The fourth-order valence-electron chi connectivity index (χ4n) is 3.52. The molecule has 0 spiro atoms. The molecule has 3 amide bonds. The number of halogens is 1. The number of nitrogens with zero attached hydrogens (tertiary/aromatic N) is 3. The molecule has 2 aliphatic rings. The van der Waals surface area contributed by atoms with E-state index in [9.17, 15) is 14.4 Å². The van der Waals surface area contributed by atoms with E-state index in [0.717, 1.165) is 18.4 Å². The highest BCUT2D eigenvalue weighted by molar-refractivity contribution is 6.35. The van der Waals surface area contributed by atoms with E-state index in [1.54, 1.807) is 39.8 Å².